The zero-order valence-electron chi connectivity index (χ0n) is 25.3. The monoisotopic (exact) mass is 567 g/mol. The fraction of sp³-hybridized carbons (Fsp3) is 0.750. The lowest BCUT2D eigenvalue weighted by atomic mass is 10.0. The number of amides is 2. The maximum absolute atomic E-state index is 12.2. The fourth-order valence-corrected chi connectivity index (χ4v) is 4.76. The first-order valence-corrected chi connectivity index (χ1v) is 15.4. The van der Waals surface area contributed by atoms with E-state index in [1.807, 2.05) is 38.4 Å². The summed E-state index contributed by atoms with van der Waals surface area (Å²) in [6.45, 7) is 4.61. The van der Waals surface area contributed by atoms with Crippen molar-refractivity contribution in [1.29, 1.82) is 0 Å². The van der Waals surface area contributed by atoms with Gasteiger partial charge < -0.3 is 19.9 Å². The molecular formula is C32H58ClN3O3. The number of hydrogen-bond acceptors (Lipinski definition) is 4. The van der Waals surface area contributed by atoms with Crippen molar-refractivity contribution in [1.82, 2.24) is 10.2 Å². The first kappa shape index (κ1) is 37.2. The molecule has 0 radical (unpaired) electrons. The van der Waals surface area contributed by atoms with Crippen molar-refractivity contribution < 1.29 is 14.3 Å². The van der Waals surface area contributed by atoms with E-state index in [1.54, 1.807) is 4.90 Å². The average molecular weight is 568 g/mol. The molecule has 1 aromatic rings. The molecule has 1 N–H and O–H groups in total. The van der Waals surface area contributed by atoms with Crippen molar-refractivity contribution in [2.75, 3.05) is 38.6 Å². The van der Waals surface area contributed by atoms with Gasteiger partial charge in [-0.2, -0.15) is 0 Å². The molecule has 0 bridgehead atoms. The molecule has 0 fully saturated rings. The number of halogens is 1. The highest BCUT2D eigenvalue weighted by Gasteiger charge is 2.12. The lowest BCUT2D eigenvalue weighted by Crippen LogP contribution is -2.28. The van der Waals surface area contributed by atoms with Gasteiger partial charge in [-0.25, -0.2) is 4.79 Å². The summed E-state index contributed by atoms with van der Waals surface area (Å²) in [5.41, 5.74) is 1.63. The molecule has 0 saturated carbocycles. The molecule has 1 rings (SSSR count). The minimum absolute atomic E-state index is 0. The van der Waals surface area contributed by atoms with E-state index in [-0.39, 0.29) is 19.0 Å². The second-order valence-electron chi connectivity index (χ2n) is 10.9. The van der Waals surface area contributed by atoms with Crippen LogP contribution in [0, 0.1) is 0 Å². The predicted molar refractivity (Wildman–Crippen MR) is 168 cm³/mol. The number of nitrogens with one attached hydrogen (secondary N) is 1. The van der Waals surface area contributed by atoms with Crippen molar-refractivity contribution in [3.63, 3.8) is 0 Å². The molecule has 0 atom stereocenters. The Labute approximate surface area is 246 Å². The van der Waals surface area contributed by atoms with Crippen molar-refractivity contribution in [2.45, 2.75) is 123 Å². The van der Waals surface area contributed by atoms with Crippen LogP contribution >= 0.6 is 12.4 Å². The minimum atomic E-state index is -0.397. The van der Waals surface area contributed by atoms with Crippen LogP contribution in [0.1, 0.15) is 122 Å². The van der Waals surface area contributed by atoms with Gasteiger partial charge in [0.05, 0.1) is 0 Å². The SMILES string of the molecule is CCCCCCCCCCCCCCCCCCNC(=O)OCc1ccccc1N(C=O)CCCN(C)C.Cl. The third-order valence-corrected chi connectivity index (χ3v) is 7.09. The van der Waals surface area contributed by atoms with E-state index < -0.39 is 6.09 Å². The van der Waals surface area contributed by atoms with E-state index in [4.69, 9.17) is 4.74 Å². The molecule has 0 spiro atoms. The molecule has 0 aliphatic rings. The Balaban J connectivity index is 0.0000144. The Bertz CT molecular complexity index is 718. The topological polar surface area (TPSA) is 61.9 Å². The van der Waals surface area contributed by atoms with Crippen LogP contribution in [0.15, 0.2) is 24.3 Å². The Morgan fingerprint density at radius 1 is 0.769 bits per heavy atom. The quantitative estimate of drug-likeness (QED) is 0.0949. The molecule has 1 aromatic carbocycles. The summed E-state index contributed by atoms with van der Waals surface area (Å²) in [5.74, 6) is 0. The molecular weight excluding hydrogens is 510 g/mol. The zero-order valence-corrected chi connectivity index (χ0v) is 26.1. The number of anilines is 1. The molecule has 0 heterocycles. The predicted octanol–water partition coefficient (Wildman–Crippen LogP) is 8.51. The smallest absolute Gasteiger partial charge is 0.407 e. The van der Waals surface area contributed by atoms with Crippen LogP contribution < -0.4 is 10.2 Å². The number of hydrogen-bond donors (Lipinski definition) is 1. The number of benzene rings is 1. The van der Waals surface area contributed by atoms with Crippen LogP contribution in [0.3, 0.4) is 0 Å². The number of alkyl carbamates (subject to hydrolysis) is 1. The van der Waals surface area contributed by atoms with E-state index in [0.29, 0.717) is 13.1 Å². The molecule has 0 aromatic heterocycles. The summed E-state index contributed by atoms with van der Waals surface area (Å²) in [6, 6.07) is 7.61. The third-order valence-electron chi connectivity index (χ3n) is 7.09. The van der Waals surface area contributed by atoms with E-state index in [9.17, 15) is 9.59 Å². The summed E-state index contributed by atoms with van der Waals surface area (Å²) in [7, 11) is 4.04. The van der Waals surface area contributed by atoms with Crippen LogP contribution in [0.25, 0.3) is 0 Å². The molecule has 226 valence electrons. The van der Waals surface area contributed by atoms with Gasteiger partial charge in [0.1, 0.15) is 6.61 Å². The summed E-state index contributed by atoms with van der Waals surface area (Å²) < 4.78 is 5.43. The maximum atomic E-state index is 12.2. The summed E-state index contributed by atoms with van der Waals surface area (Å²) >= 11 is 0. The van der Waals surface area contributed by atoms with Crippen LogP contribution in [0.4, 0.5) is 10.5 Å². The lowest BCUT2D eigenvalue weighted by Gasteiger charge is -2.21. The standard InChI is InChI=1S/C32H57N3O3.ClH/c1-4-5-6-7-8-9-10-11-12-13-14-15-16-17-18-21-25-33-32(37)38-28-30-23-19-20-24-31(30)35(29-36)27-22-26-34(2)3;/h19-20,23-24,29H,4-18,21-22,25-28H2,1-3H3,(H,33,37);1H. The highest BCUT2D eigenvalue weighted by atomic mass is 35.5. The van der Waals surface area contributed by atoms with E-state index >= 15 is 0 Å². The van der Waals surface area contributed by atoms with Crippen LogP contribution in [-0.2, 0) is 16.1 Å². The van der Waals surface area contributed by atoms with Gasteiger partial charge in [0.2, 0.25) is 6.41 Å². The Morgan fingerprint density at radius 2 is 1.28 bits per heavy atom. The second kappa shape index (κ2) is 26.4. The number of rotatable bonds is 25. The molecule has 6 nitrogen and oxygen atoms in total. The van der Waals surface area contributed by atoms with Crippen LogP contribution in [0.2, 0.25) is 0 Å². The molecule has 2 amide bonds. The van der Waals surface area contributed by atoms with Gasteiger partial charge in [-0.3, -0.25) is 4.79 Å². The van der Waals surface area contributed by atoms with Gasteiger partial charge in [-0.05, 0) is 39.5 Å². The molecule has 39 heavy (non-hydrogen) atoms. The van der Waals surface area contributed by atoms with Crippen LogP contribution in [-0.4, -0.2) is 51.1 Å². The van der Waals surface area contributed by atoms with Crippen molar-refractivity contribution >= 4 is 30.6 Å². The summed E-state index contributed by atoms with van der Waals surface area (Å²) in [6.07, 6.45) is 22.7. The number of carbonyl (C=O) groups is 2. The molecule has 0 aliphatic carbocycles. The average Bonchev–Trinajstić information content (AvgIpc) is 2.92. The first-order valence-electron chi connectivity index (χ1n) is 15.4. The maximum Gasteiger partial charge on any atom is 0.407 e. The first-order chi connectivity index (χ1) is 18.6. The van der Waals surface area contributed by atoms with Crippen molar-refractivity contribution in [3.8, 4) is 0 Å². The van der Waals surface area contributed by atoms with Gasteiger partial charge in [0.15, 0.2) is 0 Å². The Morgan fingerprint density at radius 3 is 1.79 bits per heavy atom. The highest BCUT2D eigenvalue weighted by Crippen LogP contribution is 2.21. The molecule has 7 heteroatoms. The molecule has 0 saturated heterocycles. The Kier molecular flexibility index (Phi) is 25.2. The van der Waals surface area contributed by atoms with E-state index in [2.05, 4.69) is 17.1 Å². The second-order valence-corrected chi connectivity index (χ2v) is 10.9. The summed E-state index contributed by atoms with van der Waals surface area (Å²) in [4.78, 5) is 27.6. The number of para-hydroxylation sites is 1. The van der Waals surface area contributed by atoms with Crippen molar-refractivity contribution in [3.05, 3.63) is 29.8 Å². The van der Waals surface area contributed by atoms with Gasteiger partial charge in [-0.15, -0.1) is 12.4 Å². The normalized spacial score (nSPS) is 10.8. The zero-order chi connectivity index (χ0) is 27.7. The fourth-order valence-electron chi connectivity index (χ4n) is 4.76. The number of ether oxygens (including phenoxy) is 1. The van der Waals surface area contributed by atoms with Crippen molar-refractivity contribution in [2.24, 2.45) is 0 Å². The summed E-state index contributed by atoms with van der Waals surface area (Å²) in [5, 5.41) is 2.86. The lowest BCUT2D eigenvalue weighted by molar-refractivity contribution is -0.107. The van der Waals surface area contributed by atoms with Crippen LogP contribution in [0.5, 0.6) is 0 Å². The van der Waals surface area contributed by atoms with Gasteiger partial charge in [0.25, 0.3) is 0 Å². The number of unbranched alkanes of at least 4 members (excludes halogenated alkanes) is 15. The number of carbonyl (C=O) groups excluding carboxylic acids is 2. The van der Waals surface area contributed by atoms with E-state index in [1.165, 1.54) is 89.9 Å². The Hall–Kier alpha value is -1.79. The largest absolute Gasteiger partial charge is 0.445 e. The third kappa shape index (κ3) is 20.7. The van der Waals surface area contributed by atoms with Gasteiger partial charge in [0, 0.05) is 24.3 Å². The highest BCUT2D eigenvalue weighted by molar-refractivity contribution is 5.85. The molecule has 0 aliphatic heterocycles. The van der Waals surface area contributed by atoms with Gasteiger partial charge >= 0.3 is 6.09 Å². The van der Waals surface area contributed by atoms with Gasteiger partial charge in [-0.1, -0.05) is 121 Å². The van der Waals surface area contributed by atoms with E-state index in [0.717, 1.165) is 43.5 Å². The molecule has 0 unspecified atom stereocenters. The minimum Gasteiger partial charge on any atom is -0.445 e. The number of nitrogens with zero attached hydrogens (tertiary/aromatic N) is 2.